The van der Waals surface area contributed by atoms with E-state index in [1.54, 1.807) is 0 Å². The third-order valence-corrected chi connectivity index (χ3v) is 4.70. The van der Waals surface area contributed by atoms with Crippen molar-refractivity contribution >= 4 is 17.5 Å². The average molecular weight is 406 g/mol. The van der Waals surface area contributed by atoms with Crippen LogP contribution in [0.15, 0.2) is 42.5 Å². The zero-order valence-corrected chi connectivity index (χ0v) is 15.9. The molecule has 1 N–H and O–H groups in total. The Morgan fingerprint density at radius 1 is 1.07 bits per heavy atom. The molecule has 0 aromatic heterocycles. The van der Waals surface area contributed by atoms with E-state index in [1.807, 2.05) is 6.07 Å². The molecule has 29 heavy (non-hydrogen) atoms. The lowest BCUT2D eigenvalue weighted by Crippen LogP contribution is -2.35. The molecule has 0 fully saturated rings. The minimum absolute atomic E-state index is 0.162. The van der Waals surface area contributed by atoms with E-state index in [2.05, 4.69) is 22.2 Å². The molecule has 2 aromatic carbocycles. The molecule has 1 aliphatic rings. The van der Waals surface area contributed by atoms with Crippen molar-refractivity contribution in [3.63, 3.8) is 0 Å². The number of aryl methyl sites for hydroxylation is 2. The number of carbonyl (C=O) groups excluding carboxylic acids is 2. The number of nitrogens with one attached hydrogen (secondary N) is 1. The maximum atomic E-state index is 12.4. The van der Waals surface area contributed by atoms with E-state index in [4.69, 9.17) is 0 Å². The first-order valence-corrected chi connectivity index (χ1v) is 9.20. The molecule has 0 saturated carbocycles. The molecule has 8 heteroatoms. The summed E-state index contributed by atoms with van der Waals surface area (Å²) in [4.78, 5) is 25.9. The number of likely N-dealkylation sites (N-methyl/N-ethyl adjacent to an activating group) is 1. The van der Waals surface area contributed by atoms with Crippen LogP contribution >= 0.6 is 0 Å². The van der Waals surface area contributed by atoms with Gasteiger partial charge in [0.05, 0.1) is 13.0 Å². The highest BCUT2D eigenvalue weighted by Crippen LogP contribution is 2.24. The average Bonchev–Trinajstić information content (AvgIpc) is 3.09. The van der Waals surface area contributed by atoms with E-state index in [-0.39, 0.29) is 24.6 Å². The minimum atomic E-state index is -4.77. The summed E-state index contributed by atoms with van der Waals surface area (Å²) in [7, 11) is 1.54. The fourth-order valence-corrected chi connectivity index (χ4v) is 3.29. The number of halogens is 3. The van der Waals surface area contributed by atoms with Gasteiger partial charge in [0.1, 0.15) is 5.75 Å². The summed E-state index contributed by atoms with van der Waals surface area (Å²) < 4.78 is 40.3. The number of carbonyl (C=O) groups is 2. The Labute approximate surface area is 166 Å². The van der Waals surface area contributed by atoms with Crippen LogP contribution in [0.25, 0.3) is 0 Å². The predicted octanol–water partition coefficient (Wildman–Crippen LogP) is 3.71. The Balaban J connectivity index is 1.50. The van der Waals surface area contributed by atoms with Crippen LogP contribution in [0.5, 0.6) is 5.75 Å². The molecule has 0 aliphatic heterocycles. The molecule has 0 heterocycles. The normalized spacial score (nSPS) is 13.0. The third kappa shape index (κ3) is 5.97. The highest BCUT2D eigenvalue weighted by Gasteiger charge is 2.31. The fourth-order valence-electron chi connectivity index (χ4n) is 3.29. The van der Waals surface area contributed by atoms with Crippen LogP contribution < -0.4 is 10.1 Å². The molecule has 0 radical (unpaired) electrons. The molecule has 0 bridgehead atoms. The van der Waals surface area contributed by atoms with Crippen molar-refractivity contribution in [2.45, 2.75) is 32.0 Å². The number of rotatable bonds is 6. The number of ether oxygens (including phenoxy) is 1. The lowest BCUT2D eigenvalue weighted by molar-refractivity contribution is -0.274. The smallest absolute Gasteiger partial charge is 0.406 e. The number of hydrogen-bond acceptors (Lipinski definition) is 3. The van der Waals surface area contributed by atoms with Crippen molar-refractivity contribution < 1.29 is 27.5 Å². The molecule has 1 aliphatic carbocycles. The lowest BCUT2D eigenvalue weighted by atomic mass is 10.0. The van der Waals surface area contributed by atoms with Gasteiger partial charge in [-0.2, -0.15) is 0 Å². The van der Waals surface area contributed by atoms with Crippen molar-refractivity contribution in [3.05, 3.63) is 59.2 Å². The van der Waals surface area contributed by atoms with Crippen LogP contribution in [0.1, 0.15) is 23.1 Å². The second-order valence-electron chi connectivity index (χ2n) is 7.00. The van der Waals surface area contributed by atoms with Crippen molar-refractivity contribution in [3.8, 4) is 5.75 Å². The van der Waals surface area contributed by atoms with Gasteiger partial charge in [0.15, 0.2) is 0 Å². The summed E-state index contributed by atoms with van der Waals surface area (Å²) in [6.07, 6.45) is -1.32. The zero-order chi connectivity index (χ0) is 21.0. The summed E-state index contributed by atoms with van der Waals surface area (Å²) in [5, 5.41) is 2.55. The Hall–Kier alpha value is -3.03. The molecule has 0 unspecified atom stereocenters. The van der Waals surface area contributed by atoms with E-state index < -0.39 is 12.3 Å². The first-order chi connectivity index (χ1) is 13.7. The maximum Gasteiger partial charge on any atom is 0.573 e. The molecule has 0 spiro atoms. The van der Waals surface area contributed by atoms with Crippen molar-refractivity contribution in [2.24, 2.45) is 0 Å². The first kappa shape index (κ1) is 20.7. The number of amides is 2. The van der Waals surface area contributed by atoms with Gasteiger partial charge in [-0.1, -0.05) is 18.2 Å². The quantitative estimate of drug-likeness (QED) is 0.796. The molecule has 3 rings (SSSR count). The Morgan fingerprint density at radius 2 is 1.76 bits per heavy atom. The van der Waals surface area contributed by atoms with Gasteiger partial charge in [0.25, 0.3) is 0 Å². The summed E-state index contributed by atoms with van der Waals surface area (Å²) in [5.74, 6) is -1.01. The third-order valence-electron chi connectivity index (χ3n) is 4.70. The van der Waals surface area contributed by atoms with Crippen LogP contribution in [0.4, 0.5) is 18.9 Å². The second kappa shape index (κ2) is 8.55. The van der Waals surface area contributed by atoms with E-state index in [0.29, 0.717) is 5.69 Å². The van der Waals surface area contributed by atoms with Crippen LogP contribution in [-0.4, -0.2) is 36.7 Å². The van der Waals surface area contributed by atoms with Crippen LogP contribution in [-0.2, 0) is 28.9 Å². The Morgan fingerprint density at radius 3 is 2.45 bits per heavy atom. The maximum absolute atomic E-state index is 12.4. The molecule has 2 amide bonds. The van der Waals surface area contributed by atoms with Crippen molar-refractivity contribution in [2.75, 3.05) is 18.9 Å². The zero-order valence-electron chi connectivity index (χ0n) is 15.9. The molecule has 2 aromatic rings. The standard InChI is InChI=1S/C21H21F3N2O3/c1-26(20(28)12-14-5-6-15-3-2-4-16(15)11-14)13-19(27)25-17-7-9-18(10-8-17)29-21(22,23)24/h5-11H,2-4,12-13H2,1H3,(H,25,27). The van der Waals surface area contributed by atoms with Crippen molar-refractivity contribution in [1.29, 1.82) is 0 Å². The van der Waals surface area contributed by atoms with E-state index in [9.17, 15) is 22.8 Å². The van der Waals surface area contributed by atoms with Gasteiger partial charge in [-0.15, -0.1) is 13.2 Å². The highest BCUT2D eigenvalue weighted by atomic mass is 19.4. The molecule has 0 atom stereocenters. The van der Waals surface area contributed by atoms with E-state index in [1.165, 1.54) is 35.2 Å². The molecule has 154 valence electrons. The van der Waals surface area contributed by atoms with Crippen LogP contribution in [0.2, 0.25) is 0 Å². The Bertz CT molecular complexity index is 895. The number of hydrogen-bond donors (Lipinski definition) is 1. The summed E-state index contributed by atoms with van der Waals surface area (Å²) in [6.45, 7) is -0.162. The molecular weight excluding hydrogens is 385 g/mol. The molecule has 5 nitrogen and oxygen atoms in total. The van der Waals surface area contributed by atoms with Crippen LogP contribution in [0.3, 0.4) is 0 Å². The number of benzene rings is 2. The van der Waals surface area contributed by atoms with Gasteiger partial charge in [-0.25, -0.2) is 0 Å². The van der Waals surface area contributed by atoms with Gasteiger partial charge in [-0.05, 0) is 60.2 Å². The number of fused-ring (bicyclic) bond motifs is 1. The van der Waals surface area contributed by atoms with Gasteiger partial charge >= 0.3 is 6.36 Å². The fraction of sp³-hybridized carbons (Fsp3) is 0.333. The summed E-state index contributed by atoms with van der Waals surface area (Å²) in [5.41, 5.74) is 3.85. The second-order valence-corrected chi connectivity index (χ2v) is 7.00. The first-order valence-electron chi connectivity index (χ1n) is 9.20. The number of nitrogens with zero attached hydrogens (tertiary/aromatic N) is 1. The monoisotopic (exact) mass is 406 g/mol. The van der Waals surface area contributed by atoms with Gasteiger partial charge in [-0.3, -0.25) is 9.59 Å². The van der Waals surface area contributed by atoms with Crippen LogP contribution in [0, 0.1) is 0 Å². The van der Waals surface area contributed by atoms with Gasteiger partial charge in [0.2, 0.25) is 11.8 Å². The lowest BCUT2D eigenvalue weighted by Gasteiger charge is -2.17. The van der Waals surface area contributed by atoms with E-state index >= 15 is 0 Å². The minimum Gasteiger partial charge on any atom is -0.406 e. The largest absolute Gasteiger partial charge is 0.573 e. The van der Waals surface area contributed by atoms with Gasteiger partial charge < -0.3 is 15.0 Å². The Kier molecular flexibility index (Phi) is 6.10. The van der Waals surface area contributed by atoms with E-state index in [0.717, 1.165) is 37.0 Å². The summed E-state index contributed by atoms with van der Waals surface area (Å²) in [6, 6.07) is 10.9. The van der Waals surface area contributed by atoms with Crippen molar-refractivity contribution in [1.82, 2.24) is 4.90 Å². The topological polar surface area (TPSA) is 58.6 Å². The number of anilines is 1. The highest BCUT2D eigenvalue weighted by molar-refractivity contribution is 5.94. The molecule has 0 saturated heterocycles. The number of alkyl halides is 3. The summed E-state index contributed by atoms with van der Waals surface area (Å²) >= 11 is 0. The SMILES string of the molecule is CN(CC(=O)Nc1ccc(OC(F)(F)F)cc1)C(=O)Cc1ccc2c(c1)CCC2. The molecular formula is C21H21F3N2O3. The predicted molar refractivity (Wildman–Crippen MR) is 102 cm³/mol. The van der Waals surface area contributed by atoms with Gasteiger partial charge in [0, 0.05) is 12.7 Å².